The standard InChI is InChI=1S/C24H15ClN6O3/c1-13-18-19(16-4-2-10-32-16)20-22-27-21(17-5-3-11-33-17)29-30(22)12-26-23(20)34-24(18)31(28-13)15-8-6-14(25)7-9-15/h2-12,19H,1H3. The molecule has 6 aromatic rings. The first-order valence-electron chi connectivity index (χ1n) is 10.5. The van der Waals surface area contributed by atoms with Crippen LogP contribution in [0.3, 0.4) is 0 Å². The average Bonchev–Trinajstić information content (AvgIpc) is 3.65. The maximum Gasteiger partial charge on any atom is 0.230 e. The molecule has 1 aromatic carbocycles. The van der Waals surface area contributed by atoms with Crippen LogP contribution in [0.15, 0.2) is 76.2 Å². The van der Waals surface area contributed by atoms with Crippen LogP contribution in [-0.2, 0) is 0 Å². The number of benzene rings is 1. The molecule has 0 spiro atoms. The summed E-state index contributed by atoms with van der Waals surface area (Å²) in [6, 6.07) is 14.8. The van der Waals surface area contributed by atoms with Gasteiger partial charge in [0.15, 0.2) is 11.4 Å². The van der Waals surface area contributed by atoms with E-state index in [-0.39, 0.29) is 5.92 Å². The van der Waals surface area contributed by atoms with Crippen LogP contribution in [0, 0.1) is 6.92 Å². The zero-order valence-electron chi connectivity index (χ0n) is 17.7. The molecule has 1 aliphatic heterocycles. The lowest BCUT2D eigenvalue weighted by Crippen LogP contribution is -2.15. The molecule has 10 heteroatoms. The van der Waals surface area contributed by atoms with E-state index in [1.54, 1.807) is 34.1 Å². The molecule has 0 radical (unpaired) electrons. The van der Waals surface area contributed by atoms with E-state index < -0.39 is 0 Å². The van der Waals surface area contributed by atoms with Crippen molar-refractivity contribution in [2.24, 2.45) is 0 Å². The number of nitrogens with zero attached hydrogens (tertiary/aromatic N) is 6. The van der Waals surface area contributed by atoms with E-state index in [4.69, 9.17) is 35.3 Å². The van der Waals surface area contributed by atoms with Gasteiger partial charge >= 0.3 is 0 Å². The Hall–Kier alpha value is -4.37. The highest BCUT2D eigenvalue weighted by Gasteiger charge is 2.39. The number of aryl methyl sites for hydroxylation is 1. The van der Waals surface area contributed by atoms with E-state index in [1.807, 2.05) is 49.4 Å². The van der Waals surface area contributed by atoms with E-state index in [1.165, 1.54) is 0 Å². The van der Waals surface area contributed by atoms with Gasteiger partial charge in [0.05, 0.1) is 41.0 Å². The molecule has 1 atom stereocenters. The molecule has 6 heterocycles. The first-order valence-corrected chi connectivity index (χ1v) is 10.9. The first-order chi connectivity index (χ1) is 16.7. The number of hydrogen-bond donors (Lipinski definition) is 0. The van der Waals surface area contributed by atoms with Crippen LogP contribution in [0.5, 0.6) is 11.8 Å². The van der Waals surface area contributed by atoms with Crippen molar-refractivity contribution in [3.63, 3.8) is 0 Å². The van der Waals surface area contributed by atoms with Crippen LogP contribution in [-0.4, -0.2) is 29.4 Å². The summed E-state index contributed by atoms with van der Waals surface area (Å²) >= 11 is 6.09. The van der Waals surface area contributed by atoms with Crippen molar-refractivity contribution < 1.29 is 13.6 Å². The molecular weight excluding hydrogens is 456 g/mol. The second-order valence-corrected chi connectivity index (χ2v) is 8.32. The normalized spacial score (nSPS) is 14.7. The number of halogens is 1. The summed E-state index contributed by atoms with van der Waals surface area (Å²) in [5.41, 5.74) is 3.83. The van der Waals surface area contributed by atoms with Gasteiger partial charge in [-0.3, -0.25) is 0 Å². The highest BCUT2D eigenvalue weighted by atomic mass is 35.5. The van der Waals surface area contributed by atoms with Crippen LogP contribution in [0.25, 0.3) is 22.9 Å². The third-order valence-electron chi connectivity index (χ3n) is 5.86. The maximum absolute atomic E-state index is 6.36. The number of ether oxygens (including phenoxy) is 1. The number of rotatable bonds is 3. The summed E-state index contributed by atoms with van der Waals surface area (Å²) in [5.74, 6) is 2.38. The zero-order valence-corrected chi connectivity index (χ0v) is 18.5. The van der Waals surface area contributed by atoms with Crippen molar-refractivity contribution in [1.29, 1.82) is 0 Å². The summed E-state index contributed by atoms with van der Waals surface area (Å²) in [6.45, 7) is 1.95. The van der Waals surface area contributed by atoms with Crippen molar-refractivity contribution >= 4 is 17.2 Å². The van der Waals surface area contributed by atoms with Gasteiger partial charge in [-0.15, -0.1) is 5.10 Å². The van der Waals surface area contributed by atoms with Gasteiger partial charge in [0.1, 0.15) is 12.1 Å². The molecule has 7 rings (SSSR count). The summed E-state index contributed by atoms with van der Waals surface area (Å²) in [5, 5.41) is 9.97. The molecule has 0 aliphatic carbocycles. The van der Waals surface area contributed by atoms with Gasteiger partial charge in [-0.2, -0.15) is 5.10 Å². The van der Waals surface area contributed by atoms with Gasteiger partial charge < -0.3 is 13.6 Å². The van der Waals surface area contributed by atoms with Gasteiger partial charge in [0.25, 0.3) is 0 Å². The molecule has 34 heavy (non-hydrogen) atoms. The summed E-state index contributed by atoms with van der Waals surface area (Å²) in [6.07, 6.45) is 4.81. The molecule has 0 fully saturated rings. The minimum absolute atomic E-state index is 0.348. The lowest BCUT2D eigenvalue weighted by atomic mass is 9.88. The fourth-order valence-corrected chi connectivity index (χ4v) is 4.51. The SMILES string of the molecule is Cc1nn(-c2ccc(Cl)cc2)c2c1C(c1ccco1)c1c(ncn3nc(-c4ccco4)nc13)O2. The lowest BCUT2D eigenvalue weighted by Gasteiger charge is -2.24. The first kappa shape index (κ1) is 19.1. The second-order valence-electron chi connectivity index (χ2n) is 7.89. The minimum atomic E-state index is -0.348. The number of aromatic nitrogens is 6. The molecule has 0 saturated carbocycles. The molecule has 1 aliphatic rings. The van der Waals surface area contributed by atoms with Crippen LogP contribution in [0.2, 0.25) is 5.02 Å². The molecule has 0 bridgehead atoms. The second kappa shape index (κ2) is 7.06. The highest BCUT2D eigenvalue weighted by Crippen LogP contribution is 2.49. The monoisotopic (exact) mass is 470 g/mol. The van der Waals surface area contributed by atoms with Gasteiger partial charge in [-0.05, 0) is 55.5 Å². The summed E-state index contributed by atoms with van der Waals surface area (Å²) in [7, 11) is 0. The predicted molar refractivity (Wildman–Crippen MR) is 122 cm³/mol. The highest BCUT2D eigenvalue weighted by molar-refractivity contribution is 6.30. The molecule has 5 aromatic heterocycles. The van der Waals surface area contributed by atoms with E-state index in [0.717, 1.165) is 28.3 Å². The molecule has 0 saturated heterocycles. The predicted octanol–water partition coefficient (Wildman–Crippen LogP) is 5.41. The molecule has 1 unspecified atom stereocenters. The Morgan fingerprint density at radius 2 is 1.76 bits per heavy atom. The molecular formula is C24H15ClN6O3. The Bertz CT molecular complexity index is 1650. The molecule has 0 N–H and O–H groups in total. The van der Waals surface area contributed by atoms with Gasteiger partial charge in [-0.25, -0.2) is 19.2 Å². The Kier molecular flexibility index (Phi) is 3.97. The van der Waals surface area contributed by atoms with Crippen molar-refractivity contribution in [3.8, 4) is 29.0 Å². The van der Waals surface area contributed by atoms with Gasteiger partial charge in [-0.1, -0.05) is 11.6 Å². The third-order valence-corrected chi connectivity index (χ3v) is 6.11. The average molecular weight is 471 g/mol. The number of fused-ring (bicyclic) bond motifs is 4. The van der Waals surface area contributed by atoms with Crippen LogP contribution in [0.4, 0.5) is 0 Å². The van der Waals surface area contributed by atoms with Crippen LogP contribution < -0.4 is 4.74 Å². The van der Waals surface area contributed by atoms with E-state index in [0.29, 0.717) is 34.0 Å². The Labute approximate surface area is 197 Å². The van der Waals surface area contributed by atoms with E-state index >= 15 is 0 Å². The quantitative estimate of drug-likeness (QED) is 0.340. The molecule has 0 amide bonds. The molecule has 9 nitrogen and oxygen atoms in total. The van der Waals surface area contributed by atoms with Crippen molar-refractivity contribution in [2.75, 3.05) is 0 Å². The Morgan fingerprint density at radius 3 is 2.53 bits per heavy atom. The lowest BCUT2D eigenvalue weighted by molar-refractivity contribution is 0.392. The van der Waals surface area contributed by atoms with Crippen molar-refractivity contribution in [2.45, 2.75) is 12.8 Å². The van der Waals surface area contributed by atoms with Gasteiger partial charge in [0, 0.05) is 5.02 Å². The minimum Gasteiger partial charge on any atom is -0.468 e. The zero-order chi connectivity index (χ0) is 22.8. The van der Waals surface area contributed by atoms with E-state index in [2.05, 4.69) is 10.1 Å². The molecule has 166 valence electrons. The number of hydrogen-bond acceptors (Lipinski definition) is 7. The Balaban J connectivity index is 1.48. The maximum atomic E-state index is 6.36. The van der Waals surface area contributed by atoms with Crippen LogP contribution in [0.1, 0.15) is 28.5 Å². The van der Waals surface area contributed by atoms with Crippen molar-refractivity contribution in [3.05, 3.63) is 95.0 Å². The Morgan fingerprint density at radius 1 is 0.941 bits per heavy atom. The van der Waals surface area contributed by atoms with Crippen molar-refractivity contribution in [1.82, 2.24) is 29.4 Å². The summed E-state index contributed by atoms with van der Waals surface area (Å²) < 4.78 is 21.1. The van der Waals surface area contributed by atoms with Crippen LogP contribution >= 0.6 is 11.6 Å². The summed E-state index contributed by atoms with van der Waals surface area (Å²) in [4.78, 5) is 9.32. The largest absolute Gasteiger partial charge is 0.468 e. The topological polar surface area (TPSA) is 96.4 Å². The number of furan rings is 2. The van der Waals surface area contributed by atoms with E-state index in [9.17, 15) is 0 Å². The smallest absolute Gasteiger partial charge is 0.230 e. The third kappa shape index (κ3) is 2.74. The van der Waals surface area contributed by atoms with Gasteiger partial charge in [0.2, 0.25) is 17.6 Å². The fraction of sp³-hybridized carbons (Fsp3) is 0.0833. The fourth-order valence-electron chi connectivity index (χ4n) is 4.39.